The SMILES string of the molecule is CCCC(C#N)C(=O)c1ccc(Br)o1. The Balaban J connectivity index is 2.79. The van der Waals surface area contributed by atoms with Gasteiger partial charge >= 0.3 is 0 Å². The number of furan rings is 1. The first-order valence-corrected chi connectivity index (χ1v) is 5.17. The summed E-state index contributed by atoms with van der Waals surface area (Å²) in [5.74, 6) is -0.574. The van der Waals surface area contributed by atoms with E-state index in [9.17, 15) is 4.79 Å². The third-order valence-electron chi connectivity index (χ3n) is 1.87. The minimum Gasteiger partial charge on any atom is -0.446 e. The fourth-order valence-corrected chi connectivity index (χ4v) is 1.47. The number of nitrogens with zero attached hydrogens (tertiary/aromatic N) is 1. The molecule has 4 heteroatoms. The number of carbonyl (C=O) groups is 1. The average molecular weight is 256 g/mol. The molecule has 0 bridgehead atoms. The van der Waals surface area contributed by atoms with Crippen LogP contribution in [0.5, 0.6) is 0 Å². The predicted octanol–water partition coefficient (Wildman–Crippen LogP) is 3.16. The Kier molecular flexibility index (Phi) is 3.90. The summed E-state index contributed by atoms with van der Waals surface area (Å²) in [6, 6.07) is 5.21. The van der Waals surface area contributed by atoms with E-state index in [1.807, 2.05) is 13.0 Å². The summed E-state index contributed by atoms with van der Waals surface area (Å²) < 4.78 is 5.60. The quantitative estimate of drug-likeness (QED) is 0.777. The first kappa shape index (κ1) is 11.0. The van der Waals surface area contributed by atoms with Gasteiger partial charge in [-0.3, -0.25) is 4.79 Å². The van der Waals surface area contributed by atoms with Crippen LogP contribution >= 0.6 is 15.9 Å². The number of nitriles is 1. The van der Waals surface area contributed by atoms with Gasteiger partial charge in [0.15, 0.2) is 10.4 Å². The average Bonchev–Trinajstić information content (AvgIpc) is 2.60. The van der Waals surface area contributed by atoms with E-state index in [-0.39, 0.29) is 11.5 Å². The molecule has 0 N–H and O–H groups in total. The van der Waals surface area contributed by atoms with E-state index < -0.39 is 5.92 Å². The molecule has 0 aliphatic rings. The molecule has 74 valence electrons. The van der Waals surface area contributed by atoms with Crippen LogP contribution < -0.4 is 0 Å². The summed E-state index contributed by atoms with van der Waals surface area (Å²) in [5, 5.41) is 8.77. The van der Waals surface area contributed by atoms with Crippen molar-refractivity contribution in [3.8, 4) is 6.07 Å². The van der Waals surface area contributed by atoms with E-state index in [0.717, 1.165) is 6.42 Å². The normalized spacial score (nSPS) is 12.1. The zero-order valence-corrected chi connectivity index (χ0v) is 9.37. The van der Waals surface area contributed by atoms with Crippen LogP contribution in [0.3, 0.4) is 0 Å². The zero-order chi connectivity index (χ0) is 10.6. The van der Waals surface area contributed by atoms with Gasteiger partial charge in [0.25, 0.3) is 0 Å². The largest absolute Gasteiger partial charge is 0.446 e. The smallest absolute Gasteiger partial charge is 0.215 e. The number of carbonyl (C=O) groups excluding carboxylic acids is 1. The molecule has 1 aromatic rings. The summed E-state index contributed by atoms with van der Waals surface area (Å²) >= 11 is 3.11. The standard InChI is InChI=1S/C10H10BrNO2/c1-2-3-7(6-12)10(13)8-4-5-9(11)14-8/h4-5,7H,2-3H2,1H3. The van der Waals surface area contributed by atoms with Crippen molar-refractivity contribution in [3.05, 3.63) is 22.6 Å². The molecule has 1 atom stereocenters. The highest BCUT2D eigenvalue weighted by atomic mass is 79.9. The third kappa shape index (κ3) is 2.46. The fraction of sp³-hybridized carbons (Fsp3) is 0.400. The molecule has 3 nitrogen and oxygen atoms in total. The molecular formula is C10H10BrNO2. The molecule has 0 spiro atoms. The van der Waals surface area contributed by atoms with Gasteiger partial charge in [-0.15, -0.1) is 0 Å². The molecule has 0 saturated heterocycles. The van der Waals surface area contributed by atoms with E-state index in [0.29, 0.717) is 11.1 Å². The Morgan fingerprint density at radius 2 is 2.43 bits per heavy atom. The first-order chi connectivity index (χ1) is 6.69. The molecule has 0 saturated carbocycles. The van der Waals surface area contributed by atoms with E-state index in [2.05, 4.69) is 15.9 Å². The van der Waals surface area contributed by atoms with Crippen molar-refractivity contribution in [1.29, 1.82) is 5.26 Å². The van der Waals surface area contributed by atoms with Crippen LogP contribution in [0.1, 0.15) is 30.3 Å². The molecule has 1 aromatic heterocycles. The molecule has 0 amide bonds. The molecule has 0 aromatic carbocycles. The third-order valence-corrected chi connectivity index (χ3v) is 2.29. The molecular weight excluding hydrogens is 246 g/mol. The number of halogens is 1. The second kappa shape index (κ2) is 4.97. The van der Waals surface area contributed by atoms with Crippen molar-refractivity contribution < 1.29 is 9.21 Å². The minimum absolute atomic E-state index is 0.236. The van der Waals surface area contributed by atoms with Gasteiger partial charge in [0.2, 0.25) is 5.78 Å². The Hall–Kier alpha value is -1.08. The maximum atomic E-state index is 11.6. The minimum atomic E-state index is -0.585. The molecule has 0 fully saturated rings. The number of ketones is 1. The van der Waals surface area contributed by atoms with E-state index in [4.69, 9.17) is 9.68 Å². The lowest BCUT2D eigenvalue weighted by Gasteiger charge is -2.02. The summed E-state index contributed by atoms with van der Waals surface area (Å²) in [6.07, 6.45) is 1.39. The van der Waals surface area contributed by atoms with Crippen molar-refractivity contribution in [3.63, 3.8) is 0 Å². The first-order valence-electron chi connectivity index (χ1n) is 4.38. The Morgan fingerprint density at radius 3 is 2.86 bits per heavy atom. The summed E-state index contributed by atoms with van der Waals surface area (Å²) in [5.41, 5.74) is 0. The summed E-state index contributed by atoms with van der Waals surface area (Å²) in [4.78, 5) is 11.6. The lowest BCUT2D eigenvalue weighted by molar-refractivity contribution is 0.0914. The molecule has 1 unspecified atom stereocenters. The topological polar surface area (TPSA) is 54.0 Å². The Morgan fingerprint density at radius 1 is 1.71 bits per heavy atom. The van der Waals surface area contributed by atoms with Gasteiger partial charge in [0.05, 0.1) is 6.07 Å². The molecule has 0 aliphatic carbocycles. The van der Waals surface area contributed by atoms with Crippen LogP contribution in [0.4, 0.5) is 0 Å². The van der Waals surface area contributed by atoms with E-state index >= 15 is 0 Å². The lowest BCUT2D eigenvalue weighted by atomic mass is 9.99. The Labute approximate surface area is 90.8 Å². The summed E-state index contributed by atoms with van der Waals surface area (Å²) in [6.45, 7) is 1.94. The molecule has 0 radical (unpaired) electrons. The van der Waals surface area contributed by atoms with Crippen LogP contribution in [0.15, 0.2) is 21.2 Å². The Bertz CT molecular complexity index is 364. The van der Waals surface area contributed by atoms with Gasteiger partial charge in [-0.1, -0.05) is 13.3 Å². The van der Waals surface area contributed by atoms with Gasteiger partial charge in [0.1, 0.15) is 5.92 Å². The maximum absolute atomic E-state index is 11.6. The molecule has 0 aliphatic heterocycles. The van der Waals surface area contributed by atoms with Crippen LogP contribution in [-0.2, 0) is 0 Å². The second-order valence-electron chi connectivity index (χ2n) is 2.94. The second-order valence-corrected chi connectivity index (χ2v) is 3.72. The van der Waals surface area contributed by atoms with Crippen molar-refractivity contribution in [2.75, 3.05) is 0 Å². The summed E-state index contributed by atoms with van der Waals surface area (Å²) in [7, 11) is 0. The highest BCUT2D eigenvalue weighted by Gasteiger charge is 2.21. The van der Waals surface area contributed by atoms with Gasteiger partial charge in [-0.25, -0.2) is 0 Å². The van der Waals surface area contributed by atoms with Crippen LogP contribution in [0.2, 0.25) is 0 Å². The van der Waals surface area contributed by atoms with Gasteiger partial charge in [-0.05, 0) is 34.5 Å². The van der Waals surface area contributed by atoms with E-state index in [1.165, 1.54) is 0 Å². The van der Waals surface area contributed by atoms with Gasteiger partial charge in [-0.2, -0.15) is 5.26 Å². The monoisotopic (exact) mass is 255 g/mol. The maximum Gasteiger partial charge on any atom is 0.215 e. The number of hydrogen-bond donors (Lipinski definition) is 0. The van der Waals surface area contributed by atoms with Crippen molar-refractivity contribution in [2.45, 2.75) is 19.8 Å². The van der Waals surface area contributed by atoms with Gasteiger partial charge in [0, 0.05) is 0 Å². The van der Waals surface area contributed by atoms with Crippen molar-refractivity contribution in [2.24, 2.45) is 5.92 Å². The van der Waals surface area contributed by atoms with E-state index in [1.54, 1.807) is 12.1 Å². The van der Waals surface area contributed by atoms with Crippen LogP contribution in [-0.4, -0.2) is 5.78 Å². The lowest BCUT2D eigenvalue weighted by Crippen LogP contribution is -2.11. The molecule has 1 rings (SSSR count). The van der Waals surface area contributed by atoms with Crippen molar-refractivity contribution in [1.82, 2.24) is 0 Å². The number of Topliss-reactive ketones (excluding diaryl/α,β-unsaturated/α-hetero) is 1. The number of hydrogen-bond acceptors (Lipinski definition) is 3. The highest BCUT2D eigenvalue weighted by molar-refractivity contribution is 9.10. The number of rotatable bonds is 4. The van der Waals surface area contributed by atoms with Crippen LogP contribution in [0, 0.1) is 17.2 Å². The molecule has 14 heavy (non-hydrogen) atoms. The highest BCUT2D eigenvalue weighted by Crippen LogP contribution is 2.19. The predicted molar refractivity (Wildman–Crippen MR) is 54.7 cm³/mol. The van der Waals surface area contributed by atoms with Crippen molar-refractivity contribution >= 4 is 21.7 Å². The van der Waals surface area contributed by atoms with Crippen LogP contribution in [0.25, 0.3) is 0 Å². The van der Waals surface area contributed by atoms with Gasteiger partial charge < -0.3 is 4.42 Å². The zero-order valence-electron chi connectivity index (χ0n) is 7.79. The molecule has 1 heterocycles. The fourth-order valence-electron chi connectivity index (χ4n) is 1.16.